The van der Waals surface area contributed by atoms with Gasteiger partial charge in [-0.05, 0) is 31.3 Å². The van der Waals surface area contributed by atoms with Crippen molar-refractivity contribution in [3.8, 4) is 28.5 Å². The molecule has 0 aliphatic carbocycles. The molecule has 1 aliphatic heterocycles. The highest BCUT2D eigenvalue weighted by Gasteiger charge is 2.31. The number of hydrogen-bond donors (Lipinski definition) is 1. The summed E-state index contributed by atoms with van der Waals surface area (Å²) in [5, 5.41) is 26.6. The zero-order valence-corrected chi connectivity index (χ0v) is 15.2. The molecule has 0 spiro atoms. The van der Waals surface area contributed by atoms with Crippen LogP contribution in [0.5, 0.6) is 17.2 Å². The van der Waals surface area contributed by atoms with E-state index in [1.807, 2.05) is 4.68 Å². The number of ether oxygens (including phenoxy) is 1. The third-order valence-electron chi connectivity index (χ3n) is 5.00. The summed E-state index contributed by atoms with van der Waals surface area (Å²) in [7, 11) is 0. The van der Waals surface area contributed by atoms with Crippen LogP contribution < -0.4 is 4.74 Å². The van der Waals surface area contributed by atoms with Crippen LogP contribution in [0.25, 0.3) is 22.2 Å². The third-order valence-corrected chi connectivity index (χ3v) is 5.00. The molecule has 140 valence electrons. The number of fused-ring (bicyclic) bond motifs is 2. The fourth-order valence-electron chi connectivity index (χ4n) is 3.51. The predicted octanol–water partition coefficient (Wildman–Crippen LogP) is 3.76. The number of benzene rings is 2. The molecular weight excluding hydrogens is 348 g/mol. The first-order valence-corrected chi connectivity index (χ1v) is 8.95. The number of rotatable bonds is 6. The second-order valence-corrected chi connectivity index (χ2v) is 6.45. The summed E-state index contributed by atoms with van der Waals surface area (Å²) in [6.07, 6.45) is 0. The molecule has 1 aliphatic rings. The van der Waals surface area contributed by atoms with E-state index in [9.17, 15) is 15.2 Å². The summed E-state index contributed by atoms with van der Waals surface area (Å²) in [6.45, 7) is 7.63. The Morgan fingerprint density at radius 1 is 1.26 bits per heavy atom. The molecule has 0 saturated carbocycles. The standard InChI is InChI=1S/C19H20N4O4/c1-3-21(4-2)9-10-22-14-7-8-15(23(25)26)19-17(14)18(20-22)13-6-5-12(24)11-16(13)27-19/h5-8,11,24H,3-4,9-10H2,1-2H3. The molecule has 2 aromatic carbocycles. The fraction of sp³-hybridized carbons (Fsp3) is 0.316. The van der Waals surface area contributed by atoms with Gasteiger partial charge < -0.3 is 14.7 Å². The van der Waals surface area contributed by atoms with Gasteiger partial charge in [0.05, 0.1) is 22.4 Å². The Bertz CT molecular complexity index is 1040. The lowest BCUT2D eigenvalue weighted by molar-refractivity contribution is -0.385. The number of nitro groups is 1. The van der Waals surface area contributed by atoms with Crippen molar-refractivity contribution in [3.05, 3.63) is 40.4 Å². The highest BCUT2D eigenvalue weighted by molar-refractivity contribution is 6.03. The minimum absolute atomic E-state index is 0.0352. The normalized spacial score (nSPS) is 12.3. The summed E-state index contributed by atoms with van der Waals surface area (Å²) in [5.41, 5.74) is 2.05. The number of hydrogen-bond acceptors (Lipinski definition) is 6. The Kier molecular flexibility index (Phi) is 4.19. The molecule has 1 aromatic heterocycles. The largest absolute Gasteiger partial charge is 0.508 e. The molecule has 2 heterocycles. The molecule has 27 heavy (non-hydrogen) atoms. The highest BCUT2D eigenvalue weighted by atomic mass is 16.6. The summed E-state index contributed by atoms with van der Waals surface area (Å²) >= 11 is 0. The van der Waals surface area contributed by atoms with Crippen molar-refractivity contribution >= 4 is 16.6 Å². The van der Waals surface area contributed by atoms with Gasteiger partial charge in [0.1, 0.15) is 17.2 Å². The number of aromatic hydroxyl groups is 1. The molecular formula is C19H20N4O4. The van der Waals surface area contributed by atoms with Crippen LogP contribution in [0, 0.1) is 10.1 Å². The quantitative estimate of drug-likeness (QED) is 0.411. The molecule has 0 bridgehead atoms. The smallest absolute Gasteiger partial charge is 0.312 e. The lowest BCUT2D eigenvalue weighted by atomic mass is 10.0. The summed E-state index contributed by atoms with van der Waals surface area (Å²) in [5.74, 6) is 0.583. The number of nitro benzene ring substituents is 1. The number of nitrogens with zero attached hydrogens (tertiary/aromatic N) is 4. The van der Waals surface area contributed by atoms with E-state index in [1.54, 1.807) is 18.2 Å². The van der Waals surface area contributed by atoms with E-state index in [0.717, 1.165) is 25.2 Å². The SMILES string of the molecule is CCN(CC)CCn1nc2c3c(c([N+](=O)[O-])ccc31)Oc1cc(O)ccc1-2. The molecule has 0 saturated heterocycles. The third kappa shape index (κ3) is 2.78. The zero-order chi connectivity index (χ0) is 19.1. The van der Waals surface area contributed by atoms with Gasteiger partial charge >= 0.3 is 5.69 Å². The molecule has 0 unspecified atom stereocenters. The van der Waals surface area contributed by atoms with Crippen molar-refractivity contribution in [1.29, 1.82) is 0 Å². The van der Waals surface area contributed by atoms with E-state index in [2.05, 4.69) is 18.7 Å². The minimum Gasteiger partial charge on any atom is -0.508 e. The van der Waals surface area contributed by atoms with Crippen molar-refractivity contribution in [2.45, 2.75) is 20.4 Å². The molecule has 0 amide bonds. The van der Waals surface area contributed by atoms with E-state index in [1.165, 1.54) is 12.1 Å². The Balaban J connectivity index is 1.89. The van der Waals surface area contributed by atoms with Crippen LogP contribution in [0.3, 0.4) is 0 Å². The van der Waals surface area contributed by atoms with Crippen molar-refractivity contribution in [3.63, 3.8) is 0 Å². The second kappa shape index (κ2) is 6.55. The van der Waals surface area contributed by atoms with Crippen molar-refractivity contribution in [2.75, 3.05) is 19.6 Å². The minimum atomic E-state index is -0.459. The van der Waals surface area contributed by atoms with Crippen LogP contribution in [0.2, 0.25) is 0 Å². The van der Waals surface area contributed by atoms with Gasteiger partial charge in [-0.15, -0.1) is 0 Å². The molecule has 1 N–H and O–H groups in total. The highest BCUT2D eigenvalue weighted by Crippen LogP contribution is 2.50. The topological polar surface area (TPSA) is 93.7 Å². The van der Waals surface area contributed by atoms with E-state index in [0.29, 0.717) is 28.9 Å². The summed E-state index contributed by atoms with van der Waals surface area (Å²) in [4.78, 5) is 13.3. The average Bonchev–Trinajstić information content (AvgIpc) is 3.02. The number of phenols is 1. The fourth-order valence-corrected chi connectivity index (χ4v) is 3.51. The van der Waals surface area contributed by atoms with Crippen molar-refractivity contribution < 1.29 is 14.8 Å². The van der Waals surface area contributed by atoms with Crippen molar-refractivity contribution in [2.24, 2.45) is 0 Å². The first kappa shape index (κ1) is 17.3. The Hall–Kier alpha value is -3.13. The zero-order valence-electron chi connectivity index (χ0n) is 15.2. The molecule has 3 aromatic rings. The molecule has 0 atom stereocenters. The predicted molar refractivity (Wildman–Crippen MR) is 101 cm³/mol. The molecule has 8 nitrogen and oxygen atoms in total. The molecule has 0 radical (unpaired) electrons. The van der Waals surface area contributed by atoms with Crippen LogP contribution in [0.15, 0.2) is 30.3 Å². The van der Waals surface area contributed by atoms with Gasteiger partial charge in [-0.1, -0.05) is 13.8 Å². The van der Waals surface area contributed by atoms with E-state index < -0.39 is 4.92 Å². The van der Waals surface area contributed by atoms with Gasteiger partial charge in [0.25, 0.3) is 0 Å². The first-order chi connectivity index (χ1) is 13.0. The van der Waals surface area contributed by atoms with Crippen LogP contribution in [-0.2, 0) is 6.54 Å². The summed E-state index contributed by atoms with van der Waals surface area (Å²) in [6, 6.07) is 7.92. The van der Waals surface area contributed by atoms with Crippen LogP contribution >= 0.6 is 0 Å². The van der Waals surface area contributed by atoms with Gasteiger partial charge in [0, 0.05) is 24.2 Å². The van der Waals surface area contributed by atoms with Gasteiger partial charge in [-0.2, -0.15) is 5.10 Å². The van der Waals surface area contributed by atoms with Crippen LogP contribution in [-0.4, -0.2) is 44.3 Å². The van der Waals surface area contributed by atoms with Gasteiger partial charge in [0.15, 0.2) is 0 Å². The summed E-state index contributed by atoms with van der Waals surface area (Å²) < 4.78 is 7.72. The van der Waals surface area contributed by atoms with E-state index in [4.69, 9.17) is 9.84 Å². The number of likely N-dealkylation sites (N-methyl/N-ethyl adjacent to an activating group) is 1. The Morgan fingerprint density at radius 3 is 2.74 bits per heavy atom. The van der Waals surface area contributed by atoms with Crippen molar-refractivity contribution in [1.82, 2.24) is 14.7 Å². The molecule has 0 fully saturated rings. The van der Waals surface area contributed by atoms with Gasteiger partial charge in [0.2, 0.25) is 5.75 Å². The Labute approximate surface area is 155 Å². The Morgan fingerprint density at radius 2 is 2.04 bits per heavy atom. The maximum Gasteiger partial charge on any atom is 0.312 e. The molecule has 8 heteroatoms. The lowest BCUT2D eigenvalue weighted by Gasteiger charge is -2.17. The van der Waals surface area contributed by atoms with E-state index in [-0.39, 0.29) is 17.2 Å². The van der Waals surface area contributed by atoms with Gasteiger partial charge in [-0.25, -0.2) is 0 Å². The van der Waals surface area contributed by atoms with Crippen LogP contribution in [0.4, 0.5) is 5.69 Å². The average molecular weight is 368 g/mol. The van der Waals surface area contributed by atoms with E-state index >= 15 is 0 Å². The maximum atomic E-state index is 11.5. The lowest BCUT2D eigenvalue weighted by Crippen LogP contribution is -2.27. The van der Waals surface area contributed by atoms with Gasteiger partial charge in [-0.3, -0.25) is 14.8 Å². The monoisotopic (exact) mass is 368 g/mol. The van der Waals surface area contributed by atoms with Crippen LogP contribution in [0.1, 0.15) is 13.8 Å². The first-order valence-electron chi connectivity index (χ1n) is 8.95. The molecule has 4 rings (SSSR count). The maximum absolute atomic E-state index is 11.5. The second-order valence-electron chi connectivity index (χ2n) is 6.45. The number of aromatic nitrogens is 2. The number of phenolic OH excluding ortho intramolecular Hbond substituents is 1.